The Morgan fingerprint density at radius 1 is 1.48 bits per heavy atom. The molecule has 1 aromatic heterocycles. The highest BCUT2D eigenvalue weighted by atomic mass is 16.5. The Kier molecular flexibility index (Phi) is 3.27. The maximum Gasteiger partial charge on any atom is 0.250 e. The van der Waals surface area contributed by atoms with E-state index >= 15 is 0 Å². The van der Waals surface area contributed by atoms with Gasteiger partial charge in [0.2, 0.25) is 17.8 Å². The van der Waals surface area contributed by atoms with E-state index in [0.29, 0.717) is 11.4 Å². The molecule has 3 rings (SSSR count). The van der Waals surface area contributed by atoms with Crippen molar-refractivity contribution in [2.75, 3.05) is 17.7 Å². The number of methoxy groups -OCH3 is 1. The van der Waals surface area contributed by atoms with Gasteiger partial charge < -0.3 is 10.1 Å². The van der Waals surface area contributed by atoms with E-state index in [4.69, 9.17) is 4.74 Å². The van der Waals surface area contributed by atoms with Crippen molar-refractivity contribution in [2.24, 2.45) is 0 Å². The molecule has 8 nitrogen and oxygen atoms in total. The molecule has 0 spiro atoms. The molecule has 0 bridgehead atoms. The Morgan fingerprint density at radius 3 is 3.10 bits per heavy atom. The van der Waals surface area contributed by atoms with Gasteiger partial charge in [0.15, 0.2) is 0 Å². The molecule has 2 heterocycles. The van der Waals surface area contributed by atoms with E-state index in [1.54, 1.807) is 24.3 Å². The number of fused-ring (bicyclic) bond motifs is 1. The molecular weight excluding hydrogens is 274 g/mol. The minimum absolute atomic E-state index is 0.0113. The van der Waals surface area contributed by atoms with Crippen molar-refractivity contribution >= 4 is 23.5 Å². The van der Waals surface area contributed by atoms with E-state index < -0.39 is 6.04 Å². The van der Waals surface area contributed by atoms with Crippen LogP contribution in [0.4, 0.5) is 11.6 Å². The third-order valence-corrected chi connectivity index (χ3v) is 3.17. The van der Waals surface area contributed by atoms with Crippen molar-refractivity contribution in [1.82, 2.24) is 14.8 Å². The molecule has 2 amide bonds. The monoisotopic (exact) mass is 287 g/mol. The summed E-state index contributed by atoms with van der Waals surface area (Å²) in [6.07, 6.45) is 1.31. The van der Waals surface area contributed by atoms with E-state index in [2.05, 4.69) is 20.7 Å². The fourth-order valence-electron chi connectivity index (χ4n) is 2.17. The number of nitrogens with one attached hydrogen (secondary N) is 2. The van der Waals surface area contributed by atoms with E-state index in [1.807, 2.05) is 0 Å². The van der Waals surface area contributed by atoms with Crippen LogP contribution < -0.4 is 15.4 Å². The van der Waals surface area contributed by atoms with Gasteiger partial charge in [-0.2, -0.15) is 10.1 Å². The van der Waals surface area contributed by atoms with Gasteiger partial charge in [-0.25, -0.2) is 4.68 Å². The third kappa shape index (κ3) is 2.42. The number of amides is 2. The first kappa shape index (κ1) is 13.1. The van der Waals surface area contributed by atoms with Gasteiger partial charge in [0.1, 0.15) is 18.1 Å². The molecule has 0 aliphatic carbocycles. The molecule has 1 aliphatic rings. The lowest BCUT2D eigenvalue weighted by Crippen LogP contribution is -2.36. The van der Waals surface area contributed by atoms with Crippen LogP contribution in [-0.4, -0.2) is 33.7 Å². The summed E-state index contributed by atoms with van der Waals surface area (Å²) in [6, 6.07) is 6.32. The predicted molar refractivity (Wildman–Crippen MR) is 73.9 cm³/mol. The Balaban J connectivity index is 1.85. The number of hydrogen-bond donors (Lipinski definition) is 2. The van der Waals surface area contributed by atoms with Gasteiger partial charge in [-0.3, -0.25) is 14.9 Å². The first-order chi connectivity index (χ1) is 10.2. The SMILES string of the molecule is COc1ccccc1NC(=O)C1CC(=O)Nc2ncnn21. The highest BCUT2D eigenvalue weighted by molar-refractivity contribution is 6.01. The normalized spacial score (nSPS) is 16.8. The number of carbonyl (C=O) groups is 2. The van der Waals surface area contributed by atoms with Crippen molar-refractivity contribution in [3.63, 3.8) is 0 Å². The van der Waals surface area contributed by atoms with Gasteiger partial charge in [-0.15, -0.1) is 0 Å². The second kappa shape index (κ2) is 5.23. The number of rotatable bonds is 3. The van der Waals surface area contributed by atoms with Crippen LogP contribution >= 0.6 is 0 Å². The average molecular weight is 287 g/mol. The molecule has 0 saturated heterocycles. The van der Waals surface area contributed by atoms with Crippen LogP contribution in [0.3, 0.4) is 0 Å². The van der Waals surface area contributed by atoms with Crippen LogP contribution in [0.2, 0.25) is 0 Å². The molecule has 21 heavy (non-hydrogen) atoms. The number of ether oxygens (including phenoxy) is 1. The van der Waals surface area contributed by atoms with Crippen LogP contribution in [0.1, 0.15) is 12.5 Å². The second-order valence-corrected chi connectivity index (χ2v) is 4.49. The zero-order chi connectivity index (χ0) is 14.8. The highest BCUT2D eigenvalue weighted by Gasteiger charge is 2.32. The summed E-state index contributed by atoms with van der Waals surface area (Å²) in [5.74, 6) is 0.202. The topological polar surface area (TPSA) is 98.1 Å². The fraction of sp³-hybridized carbons (Fsp3) is 0.231. The predicted octanol–water partition coefficient (Wildman–Crippen LogP) is 0.809. The Morgan fingerprint density at radius 2 is 2.29 bits per heavy atom. The standard InChI is InChI=1S/C13H13N5O3/c1-21-10-5-3-2-4-8(10)16-12(20)9-6-11(19)17-13-14-7-15-18(9)13/h2-5,7,9H,6H2,1H3,(H,16,20)(H,14,15,17,19). The van der Waals surface area contributed by atoms with E-state index in [1.165, 1.54) is 18.1 Å². The number of benzene rings is 1. The average Bonchev–Trinajstić information content (AvgIpc) is 2.94. The van der Waals surface area contributed by atoms with Crippen molar-refractivity contribution < 1.29 is 14.3 Å². The highest BCUT2D eigenvalue weighted by Crippen LogP contribution is 2.27. The second-order valence-electron chi connectivity index (χ2n) is 4.49. The lowest BCUT2D eigenvalue weighted by molar-refractivity contribution is -0.125. The summed E-state index contributed by atoms with van der Waals surface area (Å²) in [5, 5.41) is 9.28. The first-order valence-corrected chi connectivity index (χ1v) is 6.32. The van der Waals surface area contributed by atoms with Crippen LogP contribution in [0.25, 0.3) is 0 Å². The molecule has 0 fully saturated rings. The summed E-state index contributed by atoms with van der Waals surface area (Å²) in [6.45, 7) is 0. The van der Waals surface area contributed by atoms with Crippen molar-refractivity contribution in [3.8, 4) is 5.75 Å². The maximum absolute atomic E-state index is 12.4. The summed E-state index contributed by atoms with van der Waals surface area (Å²) < 4.78 is 6.58. The molecule has 1 atom stereocenters. The molecule has 1 unspecified atom stereocenters. The molecule has 2 N–H and O–H groups in total. The lowest BCUT2D eigenvalue weighted by Gasteiger charge is -2.22. The van der Waals surface area contributed by atoms with Crippen molar-refractivity contribution in [1.29, 1.82) is 0 Å². The number of anilines is 2. The number of para-hydroxylation sites is 2. The number of hydrogen-bond acceptors (Lipinski definition) is 5. The van der Waals surface area contributed by atoms with Gasteiger partial charge in [0, 0.05) is 0 Å². The summed E-state index contributed by atoms with van der Waals surface area (Å²) >= 11 is 0. The maximum atomic E-state index is 12.4. The van der Waals surface area contributed by atoms with Gasteiger partial charge >= 0.3 is 0 Å². The zero-order valence-electron chi connectivity index (χ0n) is 11.2. The van der Waals surface area contributed by atoms with E-state index in [9.17, 15) is 9.59 Å². The summed E-state index contributed by atoms with van der Waals surface area (Å²) in [4.78, 5) is 27.9. The fourth-order valence-corrected chi connectivity index (χ4v) is 2.17. The molecule has 0 radical (unpaired) electrons. The molecule has 0 saturated carbocycles. The van der Waals surface area contributed by atoms with Crippen molar-refractivity contribution in [2.45, 2.75) is 12.5 Å². The summed E-state index contributed by atoms with van der Waals surface area (Å²) in [5.41, 5.74) is 0.539. The molecule has 1 aliphatic heterocycles. The molecule has 8 heteroatoms. The van der Waals surface area contributed by atoms with Gasteiger partial charge in [-0.1, -0.05) is 12.1 Å². The minimum atomic E-state index is -0.735. The summed E-state index contributed by atoms with van der Waals surface area (Å²) in [7, 11) is 1.52. The van der Waals surface area contributed by atoms with Crippen LogP contribution in [-0.2, 0) is 9.59 Å². The smallest absolute Gasteiger partial charge is 0.250 e. The van der Waals surface area contributed by atoms with E-state index in [-0.39, 0.29) is 24.2 Å². The lowest BCUT2D eigenvalue weighted by atomic mass is 10.1. The number of nitrogens with zero attached hydrogens (tertiary/aromatic N) is 3. The van der Waals surface area contributed by atoms with Crippen molar-refractivity contribution in [3.05, 3.63) is 30.6 Å². The van der Waals surface area contributed by atoms with Gasteiger partial charge in [0.25, 0.3) is 0 Å². The first-order valence-electron chi connectivity index (χ1n) is 6.32. The van der Waals surface area contributed by atoms with Gasteiger partial charge in [0.05, 0.1) is 19.2 Å². The molecule has 2 aromatic rings. The van der Waals surface area contributed by atoms with E-state index in [0.717, 1.165) is 0 Å². The minimum Gasteiger partial charge on any atom is -0.495 e. The number of aromatic nitrogens is 3. The third-order valence-electron chi connectivity index (χ3n) is 3.17. The van der Waals surface area contributed by atoms with Crippen LogP contribution in [0, 0.1) is 0 Å². The van der Waals surface area contributed by atoms with Crippen LogP contribution in [0.5, 0.6) is 5.75 Å². The molecule has 1 aromatic carbocycles. The quantitative estimate of drug-likeness (QED) is 0.870. The largest absolute Gasteiger partial charge is 0.495 e. The van der Waals surface area contributed by atoms with Gasteiger partial charge in [-0.05, 0) is 12.1 Å². The van der Waals surface area contributed by atoms with Crippen LogP contribution in [0.15, 0.2) is 30.6 Å². The Bertz CT molecular complexity index is 697. The Labute approximate surface area is 120 Å². The molecule has 108 valence electrons. The Hall–Kier alpha value is -2.90. The molecular formula is C13H13N5O3. The number of carbonyl (C=O) groups excluding carboxylic acids is 2. The zero-order valence-corrected chi connectivity index (χ0v) is 11.2.